The molecule has 152 valence electrons. The molecule has 2 heterocycles. The number of benzene rings is 1. The molecule has 0 bridgehead atoms. The molecule has 2 N–H and O–H groups in total. The van der Waals surface area contributed by atoms with E-state index in [1.165, 1.54) is 7.11 Å². The van der Waals surface area contributed by atoms with E-state index in [-0.39, 0.29) is 18.9 Å². The highest BCUT2D eigenvalue weighted by Gasteiger charge is 2.29. The Morgan fingerprint density at radius 3 is 2.72 bits per heavy atom. The van der Waals surface area contributed by atoms with Crippen molar-refractivity contribution in [3.05, 3.63) is 52.7 Å². The molecule has 29 heavy (non-hydrogen) atoms. The smallest absolute Gasteiger partial charge is 0.256 e. The second kappa shape index (κ2) is 8.72. The highest BCUT2D eigenvalue weighted by atomic mass is 16.5. The van der Waals surface area contributed by atoms with Crippen molar-refractivity contribution in [1.82, 2.24) is 15.2 Å². The van der Waals surface area contributed by atoms with Crippen LogP contribution >= 0.6 is 0 Å². The largest absolute Gasteiger partial charge is 0.481 e. The zero-order valence-electron chi connectivity index (χ0n) is 16.7. The highest BCUT2D eigenvalue weighted by molar-refractivity contribution is 6.03. The molecule has 1 aliphatic rings. The Morgan fingerprint density at radius 2 is 2.03 bits per heavy atom. The molecule has 0 unspecified atom stereocenters. The number of nitrogens with zero attached hydrogens (tertiary/aromatic N) is 2. The van der Waals surface area contributed by atoms with Gasteiger partial charge in [-0.05, 0) is 37.6 Å². The molecule has 0 atom stereocenters. The Hall–Kier alpha value is -3.42. The van der Waals surface area contributed by atoms with E-state index in [0.29, 0.717) is 41.5 Å². The van der Waals surface area contributed by atoms with Gasteiger partial charge in [-0.3, -0.25) is 14.4 Å². The second-order valence-corrected chi connectivity index (χ2v) is 6.84. The first kappa shape index (κ1) is 20.3. The number of anilines is 1. The topological polar surface area (TPSA) is 101 Å². The molecule has 8 nitrogen and oxygen atoms in total. The lowest BCUT2D eigenvalue weighted by Gasteiger charge is -2.11. The molecule has 8 heteroatoms. The van der Waals surface area contributed by atoms with Crippen molar-refractivity contribution in [2.24, 2.45) is 0 Å². The lowest BCUT2D eigenvalue weighted by molar-refractivity contribution is -0.126. The summed E-state index contributed by atoms with van der Waals surface area (Å²) in [5.74, 6) is -0.554. The van der Waals surface area contributed by atoms with Crippen LogP contribution in [0.4, 0.5) is 5.69 Å². The van der Waals surface area contributed by atoms with E-state index >= 15 is 0 Å². The molecule has 0 fully saturated rings. The molecular formula is C21H24N4O4. The monoisotopic (exact) mass is 396 g/mol. The molecule has 0 radical (unpaired) electrons. The van der Waals surface area contributed by atoms with Crippen molar-refractivity contribution in [3.8, 4) is 5.88 Å². The summed E-state index contributed by atoms with van der Waals surface area (Å²) >= 11 is 0. The molecule has 0 aliphatic carbocycles. The lowest BCUT2D eigenvalue weighted by atomic mass is 10.1. The maximum atomic E-state index is 12.4. The number of methoxy groups -OCH3 is 1. The van der Waals surface area contributed by atoms with Gasteiger partial charge in [0.15, 0.2) is 0 Å². The summed E-state index contributed by atoms with van der Waals surface area (Å²) in [7, 11) is 1.49. The number of rotatable bonds is 7. The van der Waals surface area contributed by atoms with Crippen LogP contribution in [-0.4, -0.2) is 41.3 Å². The number of hydrogen-bond acceptors (Lipinski definition) is 5. The van der Waals surface area contributed by atoms with Crippen LogP contribution < -0.4 is 15.4 Å². The van der Waals surface area contributed by atoms with Gasteiger partial charge in [0, 0.05) is 24.3 Å². The maximum Gasteiger partial charge on any atom is 0.256 e. The van der Waals surface area contributed by atoms with E-state index < -0.39 is 11.8 Å². The molecule has 0 spiro atoms. The zero-order valence-corrected chi connectivity index (χ0v) is 16.7. The first-order valence-corrected chi connectivity index (χ1v) is 9.40. The average molecular weight is 396 g/mol. The Labute approximate surface area is 169 Å². The van der Waals surface area contributed by atoms with E-state index in [0.717, 1.165) is 5.56 Å². The van der Waals surface area contributed by atoms with Crippen molar-refractivity contribution >= 4 is 23.4 Å². The van der Waals surface area contributed by atoms with E-state index in [1.807, 2.05) is 32.0 Å². The van der Waals surface area contributed by atoms with Gasteiger partial charge in [0.1, 0.15) is 6.42 Å². The van der Waals surface area contributed by atoms with E-state index in [2.05, 4.69) is 15.6 Å². The van der Waals surface area contributed by atoms with Gasteiger partial charge in [-0.15, -0.1) is 0 Å². The van der Waals surface area contributed by atoms with Crippen molar-refractivity contribution in [2.45, 2.75) is 33.4 Å². The first-order chi connectivity index (χ1) is 13.9. The fraction of sp³-hybridized carbons (Fsp3) is 0.333. The van der Waals surface area contributed by atoms with Crippen LogP contribution in [0.25, 0.3) is 0 Å². The SMILES string of the molecule is CCN1Cc2nc(OC)c(CNC(=O)CC(=O)Nc3cccc(C)c3)cc2C1=O. The van der Waals surface area contributed by atoms with Gasteiger partial charge in [0.2, 0.25) is 17.7 Å². The summed E-state index contributed by atoms with van der Waals surface area (Å²) in [5.41, 5.74) is 3.44. The van der Waals surface area contributed by atoms with Gasteiger partial charge < -0.3 is 20.3 Å². The fourth-order valence-corrected chi connectivity index (χ4v) is 3.19. The van der Waals surface area contributed by atoms with Crippen LogP contribution in [0.3, 0.4) is 0 Å². The Morgan fingerprint density at radius 1 is 1.24 bits per heavy atom. The molecule has 1 aliphatic heterocycles. The predicted octanol–water partition coefficient (Wildman–Crippen LogP) is 2.02. The number of hydrogen-bond donors (Lipinski definition) is 2. The predicted molar refractivity (Wildman–Crippen MR) is 107 cm³/mol. The minimum Gasteiger partial charge on any atom is -0.481 e. The standard InChI is InChI=1S/C21H24N4O4/c1-4-25-12-17-16(21(25)28)9-14(20(24-17)29-3)11-22-18(26)10-19(27)23-15-7-5-6-13(2)8-15/h5-9H,4,10-12H2,1-3H3,(H,22,26)(H,23,27). The molecule has 1 aromatic carbocycles. The van der Waals surface area contributed by atoms with Crippen LogP contribution in [-0.2, 0) is 22.7 Å². The van der Waals surface area contributed by atoms with Crippen molar-refractivity contribution < 1.29 is 19.1 Å². The van der Waals surface area contributed by atoms with Gasteiger partial charge in [-0.1, -0.05) is 12.1 Å². The number of fused-ring (bicyclic) bond motifs is 1. The highest BCUT2D eigenvalue weighted by Crippen LogP contribution is 2.26. The van der Waals surface area contributed by atoms with Gasteiger partial charge >= 0.3 is 0 Å². The summed E-state index contributed by atoms with van der Waals surface area (Å²) in [5, 5.41) is 5.39. The van der Waals surface area contributed by atoms with Gasteiger partial charge in [-0.25, -0.2) is 4.98 Å². The van der Waals surface area contributed by atoms with E-state index in [4.69, 9.17) is 4.74 Å². The number of carbonyl (C=O) groups is 3. The zero-order chi connectivity index (χ0) is 21.0. The Kier molecular flexibility index (Phi) is 6.11. The minimum atomic E-state index is -0.431. The van der Waals surface area contributed by atoms with Crippen molar-refractivity contribution in [1.29, 1.82) is 0 Å². The van der Waals surface area contributed by atoms with Gasteiger partial charge in [-0.2, -0.15) is 0 Å². The third-order valence-corrected chi connectivity index (χ3v) is 4.67. The molecule has 0 saturated heterocycles. The maximum absolute atomic E-state index is 12.4. The number of aryl methyl sites for hydroxylation is 1. The first-order valence-electron chi connectivity index (χ1n) is 9.40. The molecule has 0 saturated carbocycles. The van der Waals surface area contributed by atoms with Crippen LogP contribution in [0.1, 0.15) is 40.5 Å². The number of aromatic nitrogens is 1. The summed E-state index contributed by atoms with van der Waals surface area (Å²) in [6, 6.07) is 9.05. The average Bonchev–Trinajstić information content (AvgIpc) is 3.00. The van der Waals surface area contributed by atoms with Gasteiger partial charge in [0.25, 0.3) is 5.91 Å². The summed E-state index contributed by atoms with van der Waals surface area (Å²) in [6.45, 7) is 4.99. The number of ether oxygens (including phenoxy) is 1. The lowest BCUT2D eigenvalue weighted by Crippen LogP contribution is -2.28. The normalized spacial score (nSPS) is 12.5. The Balaban J connectivity index is 1.61. The fourth-order valence-electron chi connectivity index (χ4n) is 3.19. The van der Waals surface area contributed by atoms with Crippen LogP contribution in [0.5, 0.6) is 5.88 Å². The van der Waals surface area contributed by atoms with E-state index in [1.54, 1.807) is 17.0 Å². The second-order valence-electron chi connectivity index (χ2n) is 6.84. The Bertz CT molecular complexity index is 958. The van der Waals surface area contributed by atoms with Crippen molar-refractivity contribution in [2.75, 3.05) is 19.0 Å². The summed E-state index contributed by atoms with van der Waals surface area (Å²) in [6.07, 6.45) is -0.308. The number of nitrogens with one attached hydrogen (secondary N) is 2. The van der Waals surface area contributed by atoms with Crippen LogP contribution in [0.2, 0.25) is 0 Å². The molecule has 3 rings (SSSR count). The third kappa shape index (κ3) is 4.71. The number of carbonyl (C=O) groups excluding carboxylic acids is 3. The summed E-state index contributed by atoms with van der Waals surface area (Å²) in [4.78, 5) is 42.7. The number of pyridine rings is 1. The minimum absolute atomic E-state index is 0.0808. The quantitative estimate of drug-likeness (QED) is 0.698. The van der Waals surface area contributed by atoms with E-state index in [9.17, 15) is 14.4 Å². The van der Waals surface area contributed by atoms with Crippen molar-refractivity contribution in [3.63, 3.8) is 0 Å². The van der Waals surface area contributed by atoms with Crippen LogP contribution in [0, 0.1) is 6.92 Å². The molecule has 3 amide bonds. The van der Waals surface area contributed by atoms with Crippen LogP contribution in [0.15, 0.2) is 30.3 Å². The van der Waals surface area contributed by atoms with Gasteiger partial charge in [0.05, 0.1) is 24.9 Å². The summed E-state index contributed by atoms with van der Waals surface area (Å²) < 4.78 is 5.31. The molecule has 1 aromatic heterocycles. The third-order valence-electron chi connectivity index (χ3n) is 4.67. The number of amides is 3. The molecular weight excluding hydrogens is 372 g/mol. The molecule has 2 aromatic rings.